The van der Waals surface area contributed by atoms with Gasteiger partial charge in [0.2, 0.25) is 6.79 Å². The van der Waals surface area contributed by atoms with Gasteiger partial charge < -0.3 is 20.5 Å². The number of nitrogen functional groups attached to an aromatic ring is 1. The molecule has 21 heavy (non-hydrogen) atoms. The van der Waals surface area contributed by atoms with Gasteiger partial charge in [-0.05, 0) is 55.3 Å². The third-order valence-corrected chi connectivity index (χ3v) is 3.55. The van der Waals surface area contributed by atoms with Crippen molar-refractivity contribution in [2.24, 2.45) is 0 Å². The summed E-state index contributed by atoms with van der Waals surface area (Å²) in [7, 11) is 0. The molecular weight excluding hydrogens is 268 g/mol. The molecule has 5 heteroatoms. The number of ether oxygens (including phenoxy) is 2. The van der Waals surface area contributed by atoms with Crippen molar-refractivity contribution in [1.29, 1.82) is 0 Å². The Morgan fingerprint density at radius 3 is 2.62 bits per heavy atom. The molecule has 0 bridgehead atoms. The molecule has 0 radical (unpaired) electrons. The first-order valence-electron chi connectivity index (χ1n) is 6.62. The highest BCUT2D eigenvalue weighted by molar-refractivity contribution is 6.06. The van der Waals surface area contributed by atoms with Crippen molar-refractivity contribution in [2.45, 2.75) is 13.8 Å². The van der Waals surface area contributed by atoms with E-state index in [1.165, 1.54) is 0 Å². The van der Waals surface area contributed by atoms with E-state index in [-0.39, 0.29) is 12.7 Å². The van der Waals surface area contributed by atoms with Gasteiger partial charge in [-0.25, -0.2) is 0 Å². The third kappa shape index (κ3) is 2.50. The van der Waals surface area contributed by atoms with Gasteiger partial charge in [-0.1, -0.05) is 0 Å². The van der Waals surface area contributed by atoms with Gasteiger partial charge in [0.15, 0.2) is 11.5 Å². The minimum Gasteiger partial charge on any atom is -0.454 e. The van der Waals surface area contributed by atoms with Crippen molar-refractivity contribution in [2.75, 3.05) is 17.8 Å². The molecule has 0 spiro atoms. The van der Waals surface area contributed by atoms with Crippen molar-refractivity contribution in [1.82, 2.24) is 0 Å². The van der Waals surface area contributed by atoms with Crippen LogP contribution in [0, 0.1) is 13.8 Å². The van der Waals surface area contributed by atoms with Gasteiger partial charge in [0, 0.05) is 5.56 Å². The zero-order valence-electron chi connectivity index (χ0n) is 11.9. The maximum Gasteiger partial charge on any atom is 0.255 e. The number of anilines is 2. The van der Waals surface area contributed by atoms with Crippen molar-refractivity contribution in [3.05, 3.63) is 47.0 Å². The number of carbonyl (C=O) groups is 1. The van der Waals surface area contributed by atoms with Gasteiger partial charge in [-0.15, -0.1) is 0 Å². The molecule has 1 aliphatic heterocycles. The second-order valence-electron chi connectivity index (χ2n) is 5.05. The Morgan fingerprint density at radius 2 is 1.81 bits per heavy atom. The standard InChI is InChI=1S/C16H16N2O3/c1-9-5-12(17)13(6-10(9)2)18-16(19)11-3-4-14-15(7-11)21-8-20-14/h3-7H,8,17H2,1-2H3,(H,18,19). The summed E-state index contributed by atoms with van der Waals surface area (Å²) in [6.45, 7) is 4.14. The summed E-state index contributed by atoms with van der Waals surface area (Å²) in [5.74, 6) is 0.996. The number of nitrogens with two attached hydrogens (primary N) is 1. The average molecular weight is 284 g/mol. The fourth-order valence-electron chi connectivity index (χ4n) is 2.18. The van der Waals surface area contributed by atoms with Crippen LogP contribution in [0.15, 0.2) is 30.3 Å². The number of nitrogens with one attached hydrogen (secondary N) is 1. The quantitative estimate of drug-likeness (QED) is 0.832. The normalized spacial score (nSPS) is 12.3. The molecule has 0 aliphatic carbocycles. The first-order valence-corrected chi connectivity index (χ1v) is 6.62. The third-order valence-electron chi connectivity index (χ3n) is 3.55. The highest BCUT2D eigenvalue weighted by Crippen LogP contribution is 2.33. The van der Waals surface area contributed by atoms with E-state index in [0.717, 1.165) is 11.1 Å². The minimum absolute atomic E-state index is 0.185. The lowest BCUT2D eigenvalue weighted by Crippen LogP contribution is -2.13. The Morgan fingerprint density at radius 1 is 1.10 bits per heavy atom. The maximum atomic E-state index is 12.3. The second-order valence-corrected chi connectivity index (χ2v) is 5.05. The highest BCUT2D eigenvalue weighted by Gasteiger charge is 2.16. The van der Waals surface area contributed by atoms with Crippen molar-refractivity contribution >= 4 is 17.3 Å². The molecule has 0 unspecified atom stereocenters. The van der Waals surface area contributed by atoms with Crippen LogP contribution < -0.4 is 20.5 Å². The molecular formula is C16H16N2O3. The lowest BCUT2D eigenvalue weighted by atomic mass is 10.1. The smallest absolute Gasteiger partial charge is 0.255 e. The number of fused-ring (bicyclic) bond motifs is 1. The molecule has 1 amide bonds. The largest absolute Gasteiger partial charge is 0.454 e. The van der Waals surface area contributed by atoms with Crippen LogP contribution in [-0.4, -0.2) is 12.7 Å². The number of carbonyl (C=O) groups excluding carboxylic acids is 1. The lowest BCUT2D eigenvalue weighted by Gasteiger charge is -2.11. The van der Waals surface area contributed by atoms with E-state index < -0.39 is 0 Å². The molecule has 0 fully saturated rings. The highest BCUT2D eigenvalue weighted by atomic mass is 16.7. The van der Waals surface area contributed by atoms with Gasteiger partial charge >= 0.3 is 0 Å². The number of amides is 1. The number of benzene rings is 2. The molecule has 5 nitrogen and oxygen atoms in total. The van der Waals surface area contributed by atoms with Gasteiger partial charge in [0.1, 0.15) is 0 Å². The summed E-state index contributed by atoms with van der Waals surface area (Å²) in [6, 6.07) is 8.80. The van der Waals surface area contributed by atoms with Gasteiger partial charge in [-0.2, -0.15) is 0 Å². The molecule has 2 aromatic carbocycles. The van der Waals surface area contributed by atoms with E-state index in [4.69, 9.17) is 15.2 Å². The zero-order chi connectivity index (χ0) is 15.0. The lowest BCUT2D eigenvalue weighted by molar-refractivity contribution is 0.102. The summed E-state index contributed by atoms with van der Waals surface area (Å²) in [6.07, 6.45) is 0. The number of hydrogen-bond acceptors (Lipinski definition) is 4. The molecule has 3 rings (SSSR count). The van der Waals surface area contributed by atoms with E-state index in [2.05, 4.69) is 5.32 Å². The molecule has 108 valence electrons. The van der Waals surface area contributed by atoms with Crippen LogP contribution in [0.5, 0.6) is 11.5 Å². The number of aryl methyl sites for hydroxylation is 2. The first kappa shape index (κ1) is 13.3. The number of rotatable bonds is 2. The van der Waals surface area contributed by atoms with E-state index in [1.807, 2.05) is 26.0 Å². The van der Waals surface area contributed by atoms with Crippen LogP contribution >= 0.6 is 0 Å². The van der Waals surface area contributed by atoms with Crippen LogP contribution in [0.4, 0.5) is 11.4 Å². The van der Waals surface area contributed by atoms with E-state index in [0.29, 0.717) is 28.4 Å². The van der Waals surface area contributed by atoms with Crippen LogP contribution in [-0.2, 0) is 0 Å². The predicted molar refractivity (Wildman–Crippen MR) is 80.8 cm³/mol. The van der Waals surface area contributed by atoms with Crippen LogP contribution in [0.1, 0.15) is 21.5 Å². The van der Waals surface area contributed by atoms with Crippen molar-refractivity contribution in [3.63, 3.8) is 0 Å². The van der Waals surface area contributed by atoms with Crippen molar-refractivity contribution < 1.29 is 14.3 Å². The molecule has 2 aromatic rings. The van der Waals surface area contributed by atoms with Crippen LogP contribution in [0.25, 0.3) is 0 Å². The Balaban J connectivity index is 1.85. The van der Waals surface area contributed by atoms with Crippen molar-refractivity contribution in [3.8, 4) is 11.5 Å². The molecule has 0 saturated carbocycles. The van der Waals surface area contributed by atoms with Gasteiger partial charge in [-0.3, -0.25) is 4.79 Å². The van der Waals surface area contributed by atoms with Crippen LogP contribution in [0.2, 0.25) is 0 Å². The number of hydrogen-bond donors (Lipinski definition) is 2. The van der Waals surface area contributed by atoms with E-state index in [1.54, 1.807) is 18.2 Å². The molecule has 0 saturated heterocycles. The monoisotopic (exact) mass is 284 g/mol. The van der Waals surface area contributed by atoms with Gasteiger partial charge in [0.05, 0.1) is 11.4 Å². The summed E-state index contributed by atoms with van der Waals surface area (Å²) < 4.78 is 10.5. The Hall–Kier alpha value is -2.69. The molecule has 1 aliphatic rings. The fourth-order valence-corrected chi connectivity index (χ4v) is 2.18. The van der Waals surface area contributed by atoms with Crippen LogP contribution in [0.3, 0.4) is 0 Å². The summed E-state index contributed by atoms with van der Waals surface area (Å²) in [4.78, 5) is 12.3. The molecule has 0 atom stereocenters. The minimum atomic E-state index is -0.233. The fraction of sp³-hybridized carbons (Fsp3) is 0.188. The summed E-state index contributed by atoms with van der Waals surface area (Å²) >= 11 is 0. The van der Waals surface area contributed by atoms with E-state index in [9.17, 15) is 4.79 Å². The molecule has 1 heterocycles. The topological polar surface area (TPSA) is 73.6 Å². The SMILES string of the molecule is Cc1cc(N)c(NC(=O)c2ccc3c(c2)OCO3)cc1C. The second kappa shape index (κ2) is 5.01. The van der Waals surface area contributed by atoms with Gasteiger partial charge in [0.25, 0.3) is 5.91 Å². The Kier molecular flexibility index (Phi) is 3.17. The summed E-state index contributed by atoms with van der Waals surface area (Å²) in [5, 5.41) is 2.83. The first-order chi connectivity index (χ1) is 10.0. The Labute approximate surface area is 122 Å². The Bertz CT molecular complexity index is 726. The molecule has 0 aromatic heterocycles. The maximum absolute atomic E-state index is 12.3. The summed E-state index contributed by atoms with van der Waals surface area (Å²) in [5.41, 5.74) is 9.77. The molecule has 3 N–H and O–H groups in total. The zero-order valence-corrected chi connectivity index (χ0v) is 11.9. The predicted octanol–water partition coefficient (Wildman–Crippen LogP) is 2.87. The average Bonchev–Trinajstić information content (AvgIpc) is 2.92. The van der Waals surface area contributed by atoms with E-state index >= 15 is 0 Å².